The summed E-state index contributed by atoms with van der Waals surface area (Å²) in [6.07, 6.45) is 2.06. The Morgan fingerprint density at radius 3 is 2.85 bits per heavy atom. The van der Waals surface area contributed by atoms with E-state index in [0.717, 1.165) is 5.03 Å². The molecule has 0 bridgehead atoms. The first-order valence-corrected chi connectivity index (χ1v) is 8.98. The van der Waals surface area contributed by atoms with E-state index >= 15 is 0 Å². The molecule has 1 amide bonds. The Morgan fingerprint density at radius 2 is 2.30 bits per heavy atom. The lowest BCUT2D eigenvalue weighted by atomic mass is 10.2. The number of thioether (sulfide) groups is 1. The van der Waals surface area contributed by atoms with Gasteiger partial charge in [-0.2, -0.15) is 0 Å². The lowest BCUT2D eigenvalue weighted by molar-refractivity contribution is -0.128. The van der Waals surface area contributed by atoms with Crippen molar-refractivity contribution in [3.8, 4) is 0 Å². The predicted octanol–water partition coefficient (Wildman–Crippen LogP) is 0.401. The normalized spacial score (nSPS) is 20.8. The number of hydrogen-bond donors (Lipinski definition) is 1. The summed E-state index contributed by atoms with van der Waals surface area (Å²) < 4.78 is 22.8. The first-order valence-electron chi connectivity index (χ1n) is 6.18. The molecule has 0 aromatic carbocycles. The minimum Gasteiger partial charge on any atom is -0.397 e. The van der Waals surface area contributed by atoms with Crippen molar-refractivity contribution in [3.63, 3.8) is 0 Å². The molecule has 8 heteroatoms. The molecule has 1 aromatic heterocycles. The van der Waals surface area contributed by atoms with Gasteiger partial charge in [-0.25, -0.2) is 13.4 Å². The van der Waals surface area contributed by atoms with E-state index in [0.29, 0.717) is 12.1 Å². The van der Waals surface area contributed by atoms with Crippen molar-refractivity contribution in [1.29, 1.82) is 0 Å². The summed E-state index contributed by atoms with van der Waals surface area (Å²) in [7, 11) is -1.32. The Hall–Kier alpha value is -1.28. The number of nitrogens with zero attached hydrogens (tertiary/aromatic N) is 2. The standard InChI is InChI=1S/C12H17N3O3S2/c1-15(10-4-5-20(17,18)8-10)12(16)7-19-11-3-2-9(13)6-14-11/h2-3,6,10H,4-5,7-8,13H2,1H3. The van der Waals surface area contributed by atoms with Crippen LogP contribution in [0.4, 0.5) is 5.69 Å². The quantitative estimate of drug-likeness (QED) is 0.809. The minimum atomic E-state index is -2.97. The second-order valence-corrected chi connectivity index (χ2v) is 8.00. The second-order valence-electron chi connectivity index (χ2n) is 4.78. The van der Waals surface area contributed by atoms with Crippen LogP contribution in [0.3, 0.4) is 0 Å². The van der Waals surface area contributed by atoms with Crippen molar-refractivity contribution in [3.05, 3.63) is 18.3 Å². The molecule has 6 nitrogen and oxygen atoms in total. The average molecular weight is 315 g/mol. The third-order valence-corrected chi connectivity index (χ3v) is 5.93. The summed E-state index contributed by atoms with van der Waals surface area (Å²) in [4.78, 5) is 17.7. The highest BCUT2D eigenvalue weighted by Crippen LogP contribution is 2.20. The van der Waals surface area contributed by atoms with Crippen molar-refractivity contribution >= 4 is 33.2 Å². The largest absolute Gasteiger partial charge is 0.397 e. The van der Waals surface area contributed by atoms with Gasteiger partial charge in [0.15, 0.2) is 9.84 Å². The molecule has 110 valence electrons. The molecule has 20 heavy (non-hydrogen) atoms. The number of sulfone groups is 1. The molecule has 1 aliphatic rings. The number of rotatable bonds is 4. The first-order chi connectivity index (χ1) is 9.37. The highest BCUT2D eigenvalue weighted by molar-refractivity contribution is 7.99. The van der Waals surface area contributed by atoms with Gasteiger partial charge in [-0.1, -0.05) is 11.8 Å². The van der Waals surface area contributed by atoms with Crippen LogP contribution in [-0.4, -0.2) is 54.6 Å². The van der Waals surface area contributed by atoms with Gasteiger partial charge in [0.25, 0.3) is 0 Å². The zero-order chi connectivity index (χ0) is 14.8. The van der Waals surface area contributed by atoms with Crippen molar-refractivity contribution < 1.29 is 13.2 Å². The predicted molar refractivity (Wildman–Crippen MR) is 79.2 cm³/mol. The molecular formula is C12H17N3O3S2. The van der Waals surface area contributed by atoms with E-state index < -0.39 is 9.84 Å². The van der Waals surface area contributed by atoms with Gasteiger partial charge in [0, 0.05) is 13.1 Å². The van der Waals surface area contributed by atoms with Crippen LogP contribution < -0.4 is 5.73 Å². The molecule has 0 aliphatic carbocycles. The van der Waals surface area contributed by atoms with Gasteiger partial charge in [0.2, 0.25) is 5.91 Å². The zero-order valence-electron chi connectivity index (χ0n) is 11.2. The molecule has 1 saturated heterocycles. The Kier molecular flexibility index (Phi) is 4.54. The van der Waals surface area contributed by atoms with Crippen molar-refractivity contribution in [1.82, 2.24) is 9.88 Å². The van der Waals surface area contributed by atoms with Gasteiger partial charge >= 0.3 is 0 Å². The number of carbonyl (C=O) groups excluding carboxylic acids is 1. The van der Waals surface area contributed by atoms with Gasteiger partial charge in [0.05, 0.1) is 34.2 Å². The van der Waals surface area contributed by atoms with Crippen LogP contribution in [0, 0.1) is 0 Å². The van der Waals surface area contributed by atoms with Crippen LogP contribution >= 0.6 is 11.8 Å². The number of amides is 1. The summed E-state index contributed by atoms with van der Waals surface area (Å²) in [6.45, 7) is 0. The molecule has 0 saturated carbocycles. The topological polar surface area (TPSA) is 93.4 Å². The SMILES string of the molecule is CN(C(=O)CSc1ccc(N)cn1)C1CCS(=O)(=O)C1. The molecule has 1 aromatic rings. The third-order valence-electron chi connectivity index (χ3n) is 3.25. The van der Waals surface area contributed by atoms with Gasteiger partial charge in [-0.15, -0.1) is 0 Å². The van der Waals surface area contributed by atoms with E-state index in [2.05, 4.69) is 4.98 Å². The molecule has 2 rings (SSSR count). The van der Waals surface area contributed by atoms with Crippen LogP contribution in [0.2, 0.25) is 0 Å². The number of anilines is 1. The van der Waals surface area contributed by atoms with E-state index in [9.17, 15) is 13.2 Å². The molecule has 2 N–H and O–H groups in total. The highest BCUT2D eigenvalue weighted by Gasteiger charge is 2.32. The molecule has 0 radical (unpaired) electrons. The van der Waals surface area contributed by atoms with Crippen LogP contribution in [0.5, 0.6) is 0 Å². The van der Waals surface area contributed by atoms with Crippen LogP contribution in [0.1, 0.15) is 6.42 Å². The van der Waals surface area contributed by atoms with E-state index in [1.165, 1.54) is 16.7 Å². The number of hydrogen-bond acceptors (Lipinski definition) is 6. The fourth-order valence-electron chi connectivity index (χ4n) is 2.00. The lowest BCUT2D eigenvalue weighted by Gasteiger charge is -2.23. The maximum absolute atomic E-state index is 12.0. The van der Waals surface area contributed by atoms with Crippen LogP contribution in [0.15, 0.2) is 23.4 Å². The highest BCUT2D eigenvalue weighted by atomic mass is 32.2. The fraction of sp³-hybridized carbons (Fsp3) is 0.500. The first kappa shape index (κ1) is 15.1. The van der Waals surface area contributed by atoms with Gasteiger partial charge in [0.1, 0.15) is 0 Å². The number of nitrogen functional groups attached to an aromatic ring is 1. The molecule has 2 heterocycles. The monoisotopic (exact) mass is 315 g/mol. The Morgan fingerprint density at radius 1 is 1.55 bits per heavy atom. The van der Waals surface area contributed by atoms with Crippen molar-refractivity contribution in [2.45, 2.75) is 17.5 Å². The van der Waals surface area contributed by atoms with Crippen molar-refractivity contribution in [2.24, 2.45) is 0 Å². The lowest BCUT2D eigenvalue weighted by Crippen LogP contribution is -2.38. The smallest absolute Gasteiger partial charge is 0.233 e. The van der Waals surface area contributed by atoms with E-state index in [4.69, 9.17) is 5.73 Å². The van der Waals surface area contributed by atoms with Crippen molar-refractivity contribution in [2.75, 3.05) is 30.0 Å². The van der Waals surface area contributed by atoms with Gasteiger partial charge in [-0.3, -0.25) is 4.79 Å². The van der Waals surface area contributed by atoms with Gasteiger partial charge in [-0.05, 0) is 18.6 Å². The summed E-state index contributed by atoms with van der Waals surface area (Å²) in [6, 6.07) is 3.29. The van der Waals surface area contributed by atoms with E-state index in [1.54, 1.807) is 25.4 Å². The average Bonchev–Trinajstić information content (AvgIpc) is 2.77. The molecule has 1 fully saturated rings. The summed E-state index contributed by atoms with van der Waals surface area (Å²) in [5.74, 6) is 0.391. The summed E-state index contributed by atoms with van der Waals surface area (Å²) >= 11 is 1.32. The Balaban J connectivity index is 1.87. The third kappa shape index (κ3) is 3.86. The minimum absolute atomic E-state index is 0.0695. The number of aromatic nitrogens is 1. The van der Waals surface area contributed by atoms with Gasteiger partial charge < -0.3 is 10.6 Å². The second kappa shape index (κ2) is 6.01. The molecule has 1 aliphatic heterocycles. The Labute approximate surface area is 122 Å². The number of carbonyl (C=O) groups is 1. The molecule has 1 unspecified atom stereocenters. The van der Waals surface area contributed by atoms with E-state index in [1.807, 2.05) is 0 Å². The van der Waals surface area contributed by atoms with Crippen LogP contribution in [0.25, 0.3) is 0 Å². The maximum atomic E-state index is 12.0. The summed E-state index contributed by atoms with van der Waals surface area (Å²) in [5, 5.41) is 0.722. The fourth-order valence-corrected chi connectivity index (χ4v) is 4.54. The Bertz CT molecular complexity index is 586. The van der Waals surface area contributed by atoms with Crippen LogP contribution in [-0.2, 0) is 14.6 Å². The summed E-state index contributed by atoms with van der Waals surface area (Å²) in [5.41, 5.74) is 6.11. The molecular weight excluding hydrogens is 298 g/mol. The number of pyridine rings is 1. The molecule has 0 spiro atoms. The molecule has 1 atom stereocenters. The maximum Gasteiger partial charge on any atom is 0.233 e. The number of nitrogens with two attached hydrogens (primary N) is 1. The zero-order valence-corrected chi connectivity index (χ0v) is 12.8. The van der Waals surface area contributed by atoms with E-state index in [-0.39, 0.29) is 29.2 Å².